The standard InChI is InChI=1S/C24H25FN4O2/c1-16-14-18(25)8-9-20(16)28-22(30)10-7-17-4-3-13-29(15-17)24(31)19-5-2-6-21-23(19)27-12-11-26-21/h2,5-6,8-9,11-12,14,17H,3-4,7,10,13,15H2,1H3,(H,28,30)/t17-/m1/s1. The molecule has 3 aromatic rings. The Balaban J connectivity index is 1.36. The molecule has 0 unspecified atom stereocenters. The van der Waals surface area contributed by atoms with E-state index in [2.05, 4.69) is 15.3 Å². The van der Waals surface area contributed by atoms with Crippen LogP contribution in [0.25, 0.3) is 11.0 Å². The molecule has 0 aliphatic carbocycles. The Labute approximate surface area is 180 Å². The van der Waals surface area contributed by atoms with Crippen molar-refractivity contribution in [3.8, 4) is 0 Å². The highest BCUT2D eigenvalue weighted by Crippen LogP contribution is 2.25. The van der Waals surface area contributed by atoms with Crippen molar-refractivity contribution in [2.24, 2.45) is 5.92 Å². The molecule has 4 rings (SSSR count). The van der Waals surface area contributed by atoms with Gasteiger partial charge in [0.1, 0.15) is 11.3 Å². The second-order valence-corrected chi connectivity index (χ2v) is 8.04. The maximum Gasteiger partial charge on any atom is 0.256 e. The molecule has 1 aromatic heterocycles. The summed E-state index contributed by atoms with van der Waals surface area (Å²) in [5.41, 5.74) is 3.21. The van der Waals surface area contributed by atoms with Crippen molar-refractivity contribution in [1.29, 1.82) is 0 Å². The Morgan fingerprint density at radius 2 is 2.03 bits per heavy atom. The first-order valence-electron chi connectivity index (χ1n) is 10.6. The molecular weight excluding hydrogens is 395 g/mol. The third kappa shape index (κ3) is 4.87. The second-order valence-electron chi connectivity index (χ2n) is 8.04. The van der Waals surface area contributed by atoms with Gasteiger partial charge in [0.15, 0.2) is 0 Å². The van der Waals surface area contributed by atoms with Crippen molar-refractivity contribution >= 4 is 28.5 Å². The lowest BCUT2D eigenvalue weighted by Gasteiger charge is -2.33. The maximum absolute atomic E-state index is 13.2. The smallest absolute Gasteiger partial charge is 0.256 e. The SMILES string of the molecule is Cc1cc(F)ccc1NC(=O)CC[C@H]1CCCN(C(=O)c2cccc3nccnc23)C1. The number of rotatable bonds is 5. The van der Waals surface area contributed by atoms with Crippen molar-refractivity contribution in [1.82, 2.24) is 14.9 Å². The molecule has 0 radical (unpaired) electrons. The molecule has 6 nitrogen and oxygen atoms in total. The molecule has 31 heavy (non-hydrogen) atoms. The molecule has 0 spiro atoms. The molecule has 2 heterocycles. The van der Waals surface area contributed by atoms with Gasteiger partial charge in [0.25, 0.3) is 5.91 Å². The lowest BCUT2D eigenvalue weighted by Crippen LogP contribution is -2.40. The molecule has 0 saturated carbocycles. The number of aryl methyl sites for hydroxylation is 1. The van der Waals surface area contributed by atoms with Crippen LogP contribution in [0.2, 0.25) is 0 Å². The number of piperidine rings is 1. The van der Waals surface area contributed by atoms with E-state index in [0.29, 0.717) is 53.8 Å². The van der Waals surface area contributed by atoms with Crippen molar-refractivity contribution in [3.63, 3.8) is 0 Å². The molecule has 2 amide bonds. The van der Waals surface area contributed by atoms with Gasteiger partial charge in [0, 0.05) is 37.6 Å². The largest absolute Gasteiger partial charge is 0.338 e. The fraction of sp³-hybridized carbons (Fsp3) is 0.333. The Hall–Kier alpha value is -3.35. The number of anilines is 1. The molecule has 1 fully saturated rings. The topological polar surface area (TPSA) is 75.2 Å². The highest BCUT2D eigenvalue weighted by Gasteiger charge is 2.26. The zero-order valence-corrected chi connectivity index (χ0v) is 17.5. The van der Waals surface area contributed by atoms with Crippen molar-refractivity contribution in [2.45, 2.75) is 32.6 Å². The van der Waals surface area contributed by atoms with Gasteiger partial charge in [0.2, 0.25) is 5.91 Å². The van der Waals surface area contributed by atoms with E-state index < -0.39 is 0 Å². The van der Waals surface area contributed by atoms with Crippen LogP contribution >= 0.6 is 0 Å². The van der Waals surface area contributed by atoms with Gasteiger partial charge in [-0.1, -0.05) is 6.07 Å². The van der Waals surface area contributed by atoms with E-state index in [1.807, 2.05) is 17.0 Å². The van der Waals surface area contributed by atoms with Gasteiger partial charge in [-0.25, -0.2) is 4.39 Å². The van der Waals surface area contributed by atoms with Crippen LogP contribution in [0.15, 0.2) is 48.8 Å². The number of nitrogens with one attached hydrogen (secondary N) is 1. The molecule has 1 aliphatic heterocycles. The average molecular weight is 420 g/mol. The first-order chi connectivity index (χ1) is 15.0. The predicted molar refractivity (Wildman–Crippen MR) is 117 cm³/mol. The number of halogens is 1. The molecule has 1 N–H and O–H groups in total. The highest BCUT2D eigenvalue weighted by atomic mass is 19.1. The lowest BCUT2D eigenvalue weighted by molar-refractivity contribution is -0.116. The Morgan fingerprint density at radius 1 is 1.19 bits per heavy atom. The van der Waals surface area contributed by atoms with Gasteiger partial charge in [-0.15, -0.1) is 0 Å². The molecule has 160 valence electrons. The van der Waals surface area contributed by atoms with Gasteiger partial charge in [-0.3, -0.25) is 19.6 Å². The Bertz CT molecular complexity index is 1110. The number of hydrogen-bond donors (Lipinski definition) is 1. The third-order valence-corrected chi connectivity index (χ3v) is 5.78. The van der Waals surface area contributed by atoms with Crippen LogP contribution in [0, 0.1) is 18.7 Å². The second kappa shape index (κ2) is 9.20. The summed E-state index contributed by atoms with van der Waals surface area (Å²) in [6, 6.07) is 9.79. The number of fused-ring (bicyclic) bond motifs is 1. The molecule has 1 atom stereocenters. The average Bonchev–Trinajstić information content (AvgIpc) is 2.79. The fourth-order valence-corrected chi connectivity index (χ4v) is 4.14. The summed E-state index contributed by atoms with van der Waals surface area (Å²) in [6.07, 6.45) is 6.17. The van der Waals surface area contributed by atoms with Crippen LogP contribution < -0.4 is 5.32 Å². The number of para-hydroxylation sites is 1. The van der Waals surface area contributed by atoms with Gasteiger partial charge in [0.05, 0.1) is 11.1 Å². The first-order valence-corrected chi connectivity index (χ1v) is 10.6. The molecule has 1 saturated heterocycles. The van der Waals surface area contributed by atoms with E-state index in [9.17, 15) is 14.0 Å². The Kier molecular flexibility index (Phi) is 6.21. The van der Waals surface area contributed by atoms with Crippen LogP contribution in [-0.2, 0) is 4.79 Å². The van der Waals surface area contributed by atoms with E-state index in [4.69, 9.17) is 0 Å². The minimum absolute atomic E-state index is 0.0396. The molecule has 7 heteroatoms. The van der Waals surface area contributed by atoms with E-state index in [1.54, 1.807) is 31.5 Å². The summed E-state index contributed by atoms with van der Waals surface area (Å²) in [5, 5.41) is 2.86. The summed E-state index contributed by atoms with van der Waals surface area (Å²) in [6.45, 7) is 3.09. The summed E-state index contributed by atoms with van der Waals surface area (Å²) < 4.78 is 13.2. The summed E-state index contributed by atoms with van der Waals surface area (Å²) in [5.74, 6) is -0.192. The number of carbonyl (C=O) groups excluding carboxylic acids is 2. The predicted octanol–water partition coefficient (Wildman–Crippen LogP) is 4.35. The number of aromatic nitrogens is 2. The van der Waals surface area contributed by atoms with Crippen molar-refractivity contribution in [2.75, 3.05) is 18.4 Å². The normalized spacial score (nSPS) is 16.3. The number of benzene rings is 2. The van der Waals surface area contributed by atoms with E-state index in [-0.39, 0.29) is 23.5 Å². The van der Waals surface area contributed by atoms with Crippen LogP contribution in [0.4, 0.5) is 10.1 Å². The van der Waals surface area contributed by atoms with Crippen LogP contribution in [0.5, 0.6) is 0 Å². The maximum atomic E-state index is 13.2. The summed E-state index contributed by atoms with van der Waals surface area (Å²) in [4.78, 5) is 36.0. The summed E-state index contributed by atoms with van der Waals surface area (Å²) in [7, 11) is 0. The number of carbonyl (C=O) groups is 2. The molecule has 2 aromatic carbocycles. The van der Waals surface area contributed by atoms with Gasteiger partial charge in [-0.05, 0) is 68.0 Å². The third-order valence-electron chi connectivity index (χ3n) is 5.78. The lowest BCUT2D eigenvalue weighted by atomic mass is 9.92. The molecule has 1 aliphatic rings. The number of likely N-dealkylation sites (tertiary alicyclic amines) is 1. The van der Waals surface area contributed by atoms with Gasteiger partial charge in [-0.2, -0.15) is 0 Å². The zero-order valence-electron chi connectivity index (χ0n) is 17.5. The fourth-order valence-electron chi connectivity index (χ4n) is 4.14. The van der Waals surface area contributed by atoms with Crippen molar-refractivity contribution in [3.05, 3.63) is 65.7 Å². The molecular formula is C24H25FN4O2. The van der Waals surface area contributed by atoms with Crippen molar-refractivity contribution < 1.29 is 14.0 Å². The monoisotopic (exact) mass is 420 g/mol. The quantitative estimate of drug-likeness (QED) is 0.666. The van der Waals surface area contributed by atoms with Crippen LogP contribution in [0.3, 0.4) is 0 Å². The highest BCUT2D eigenvalue weighted by molar-refractivity contribution is 6.04. The zero-order chi connectivity index (χ0) is 21.8. The van der Waals surface area contributed by atoms with Crippen LogP contribution in [0.1, 0.15) is 41.6 Å². The van der Waals surface area contributed by atoms with Crippen LogP contribution in [-0.4, -0.2) is 39.8 Å². The minimum atomic E-state index is -0.320. The van der Waals surface area contributed by atoms with E-state index in [0.717, 1.165) is 12.8 Å². The summed E-state index contributed by atoms with van der Waals surface area (Å²) >= 11 is 0. The number of amides is 2. The van der Waals surface area contributed by atoms with Gasteiger partial charge < -0.3 is 10.2 Å². The van der Waals surface area contributed by atoms with E-state index in [1.165, 1.54) is 12.1 Å². The number of nitrogens with zero attached hydrogens (tertiary/aromatic N) is 3. The molecule has 0 bridgehead atoms. The number of hydrogen-bond acceptors (Lipinski definition) is 4. The first kappa shape index (κ1) is 20.9. The Morgan fingerprint density at radius 3 is 2.87 bits per heavy atom. The van der Waals surface area contributed by atoms with Gasteiger partial charge >= 0.3 is 0 Å². The minimum Gasteiger partial charge on any atom is -0.338 e. The van der Waals surface area contributed by atoms with E-state index >= 15 is 0 Å².